The molecule has 0 aromatic heterocycles. The Labute approximate surface area is 46.4 Å². The van der Waals surface area contributed by atoms with Crippen LogP contribution in [0.4, 0.5) is 0 Å². The molecule has 0 N–H and O–H groups in total. The minimum atomic E-state index is -1.64. The van der Waals surface area contributed by atoms with Crippen molar-refractivity contribution in [3.05, 3.63) is 0 Å². The van der Waals surface area contributed by atoms with E-state index < -0.39 is 13.2 Å². The molecule has 0 aliphatic carbocycles. The molecule has 0 unspecified atom stereocenters. The van der Waals surface area contributed by atoms with Gasteiger partial charge in [0.05, 0.1) is 0 Å². The smallest absolute Gasteiger partial charge is 0.0271 e. The van der Waals surface area contributed by atoms with Gasteiger partial charge in [0, 0.05) is 5.48 Å². The SMILES string of the molecule is [2H]C([2H])C([2H])([2H])CI. The Hall–Kier alpha value is 0.730. The molecule has 26 valence electrons. The average Bonchev–Trinajstić information content (AvgIpc) is 1.67. The summed E-state index contributed by atoms with van der Waals surface area (Å²) < 4.78 is 27.4. The highest BCUT2D eigenvalue weighted by atomic mass is 127. The molecule has 0 aliphatic rings. The molecule has 0 rings (SSSR count). The molecule has 0 bridgehead atoms. The van der Waals surface area contributed by atoms with Gasteiger partial charge in [0.2, 0.25) is 0 Å². The Morgan fingerprint density at radius 2 is 3.25 bits per heavy atom. The first-order valence-corrected chi connectivity index (χ1v) is 2.44. The number of halogens is 1. The second-order valence-electron chi connectivity index (χ2n) is 0.338. The fraction of sp³-hybridized carbons (Fsp3) is 1.00. The van der Waals surface area contributed by atoms with Crippen LogP contribution in [0.25, 0.3) is 0 Å². The van der Waals surface area contributed by atoms with E-state index in [4.69, 9.17) is 5.48 Å². The first-order chi connectivity index (χ1) is 3.50. The van der Waals surface area contributed by atoms with Crippen LogP contribution in [0.5, 0.6) is 0 Å². The van der Waals surface area contributed by atoms with Crippen LogP contribution in [-0.2, 0) is 0 Å². The summed E-state index contributed by atoms with van der Waals surface area (Å²) in [4.78, 5) is 0. The molecule has 0 amide bonds. The topological polar surface area (TPSA) is 0 Å². The molecular formula is C3H7I. The predicted molar refractivity (Wildman–Crippen MR) is 29.2 cm³/mol. The summed E-state index contributed by atoms with van der Waals surface area (Å²) >= 11 is 1.83. The van der Waals surface area contributed by atoms with Crippen molar-refractivity contribution in [2.24, 2.45) is 0 Å². The quantitative estimate of drug-likeness (QED) is 0.420. The third-order valence-electron chi connectivity index (χ3n) is 0.0772. The molecule has 1 heteroatoms. The van der Waals surface area contributed by atoms with Gasteiger partial charge in [0.15, 0.2) is 0 Å². The van der Waals surface area contributed by atoms with E-state index in [1.165, 1.54) is 0 Å². The first-order valence-electron chi connectivity index (χ1n) is 3.06. The maximum absolute atomic E-state index is 6.91. The standard InChI is InChI=1S/C3H7I/c1-2-3-4/h2-3H2,1H3/i1D2,2D2. The Bertz CT molecular complexity index is 71.7. The van der Waals surface area contributed by atoms with Gasteiger partial charge in [-0.05, 0) is 10.8 Å². The van der Waals surface area contributed by atoms with Crippen LogP contribution >= 0.6 is 22.6 Å². The van der Waals surface area contributed by atoms with Crippen molar-refractivity contribution in [3.8, 4) is 0 Å². The van der Waals surface area contributed by atoms with Crippen LogP contribution in [0, 0.1) is 0 Å². The second-order valence-corrected chi connectivity index (χ2v) is 1.10. The van der Waals surface area contributed by atoms with Crippen LogP contribution < -0.4 is 0 Å². The van der Waals surface area contributed by atoms with Crippen molar-refractivity contribution >= 4 is 22.6 Å². The van der Waals surface area contributed by atoms with Crippen molar-refractivity contribution in [3.63, 3.8) is 0 Å². The summed E-state index contributed by atoms with van der Waals surface area (Å²) in [5.74, 6) is 0. The van der Waals surface area contributed by atoms with Crippen LogP contribution in [0.3, 0.4) is 0 Å². The lowest BCUT2D eigenvalue weighted by atomic mass is 10.6. The molecule has 0 nitrogen and oxygen atoms in total. The van der Waals surface area contributed by atoms with E-state index in [2.05, 4.69) is 0 Å². The van der Waals surface area contributed by atoms with E-state index in [0.29, 0.717) is 0 Å². The van der Waals surface area contributed by atoms with Crippen molar-refractivity contribution in [2.75, 3.05) is 4.43 Å². The molecule has 0 fully saturated rings. The average molecular weight is 174 g/mol. The zero-order valence-corrected chi connectivity index (χ0v) is 4.32. The molecular weight excluding hydrogens is 163 g/mol. The molecule has 0 radical (unpaired) electrons. The fourth-order valence-corrected chi connectivity index (χ4v) is 0. The lowest BCUT2D eigenvalue weighted by Gasteiger charge is -1.66. The van der Waals surface area contributed by atoms with E-state index in [1.54, 1.807) is 0 Å². The van der Waals surface area contributed by atoms with Crippen LogP contribution in [0.2, 0.25) is 0 Å². The second kappa shape index (κ2) is 3.73. The van der Waals surface area contributed by atoms with Crippen molar-refractivity contribution in [1.29, 1.82) is 0 Å². The van der Waals surface area contributed by atoms with E-state index in [-0.39, 0.29) is 4.43 Å². The van der Waals surface area contributed by atoms with E-state index in [1.807, 2.05) is 22.6 Å². The van der Waals surface area contributed by atoms with Gasteiger partial charge in [-0.15, -0.1) is 0 Å². The minimum Gasteiger partial charge on any atom is -0.0864 e. The Morgan fingerprint density at radius 3 is 3.25 bits per heavy atom. The number of hydrogen-bond donors (Lipinski definition) is 0. The number of rotatable bonds is 1. The molecule has 4 heavy (non-hydrogen) atoms. The van der Waals surface area contributed by atoms with E-state index >= 15 is 0 Å². The lowest BCUT2D eigenvalue weighted by Crippen LogP contribution is -1.54. The summed E-state index contributed by atoms with van der Waals surface area (Å²) in [5, 5.41) is 0. The van der Waals surface area contributed by atoms with Crippen molar-refractivity contribution < 1.29 is 5.48 Å². The number of alkyl halides is 1. The van der Waals surface area contributed by atoms with E-state index in [9.17, 15) is 0 Å². The minimum absolute atomic E-state index is 0.211. The summed E-state index contributed by atoms with van der Waals surface area (Å²) in [6.45, 7) is -1.36. The fourth-order valence-electron chi connectivity index (χ4n) is 0. The maximum Gasteiger partial charge on any atom is 0.0271 e. The molecule has 0 heterocycles. The summed E-state index contributed by atoms with van der Waals surface area (Å²) in [6.07, 6.45) is -1.64. The Morgan fingerprint density at radius 1 is 2.50 bits per heavy atom. The monoisotopic (exact) mass is 174 g/mol. The van der Waals surface area contributed by atoms with Crippen LogP contribution in [0.15, 0.2) is 0 Å². The molecule has 0 spiro atoms. The van der Waals surface area contributed by atoms with Gasteiger partial charge in [-0.3, -0.25) is 0 Å². The third kappa shape index (κ3) is 2.73. The van der Waals surface area contributed by atoms with Gasteiger partial charge < -0.3 is 0 Å². The normalized spacial score (nSPS) is 26.5. The van der Waals surface area contributed by atoms with Gasteiger partial charge in [0.1, 0.15) is 0 Å². The number of hydrogen-bond acceptors (Lipinski definition) is 0. The van der Waals surface area contributed by atoms with Crippen molar-refractivity contribution in [2.45, 2.75) is 13.2 Å². The predicted octanol–water partition coefficient (Wildman–Crippen LogP) is 1.83. The highest BCUT2D eigenvalue weighted by Gasteiger charge is 1.58. The largest absolute Gasteiger partial charge is 0.0864 e. The molecule has 0 aliphatic heterocycles. The summed E-state index contributed by atoms with van der Waals surface area (Å²) in [5.41, 5.74) is 0. The molecule has 0 aromatic rings. The molecule has 0 aromatic carbocycles. The first kappa shape index (κ1) is 1.10. The molecule has 0 saturated heterocycles. The maximum atomic E-state index is 6.91. The highest BCUT2D eigenvalue weighted by Crippen LogP contribution is 1.81. The van der Waals surface area contributed by atoms with Crippen LogP contribution in [0.1, 0.15) is 18.7 Å². The van der Waals surface area contributed by atoms with Gasteiger partial charge in [-0.2, -0.15) is 0 Å². The summed E-state index contributed by atoms with van der Waals surface area (Å²) in [6, 6.07) is 0. The van der Waals surface area contributed by atoms with Gasteiger partial charge in [0.25, 0.3) is 0 Å². The molecule has 0 atom stereocenters. The van der Waals surface area contributed by atoms with Gasteiger partial charge in [-0.1, -0.05) is 29.5 Å². The van der Waals surface area contributed by atoms with Crippen LogP contribution in [-0.4, -0.2) is 4.43 Å². The van der Waals surface area contributed by atoms with Crippen molar-refractivity contribution in [1.82, 2.24) is 0 Å². The highest BCUT2D eigenvalue weighted by molar-refractivity contribution is 14.1. The third-order valence-corrected chi connectivity index (χ3v) is 0.518. The zero-order valence-electron chi connectivity index (χ0n) is 6.16. The van der Waals surface area contributed by atoms with Gasteiger partial charge in [-0.25, -0.2) is 0 Å². The van der Waals surface area contributed by atoms with Gasteiger partial charge >= 0.3 is 0 Å². The molecule has 0 saturated carbocycles. The van der Waals surface area contributed by atoms with E-state index in [0.717, 1.165) is 0 Å². The Kier molecular flexibility index (Phi) is 1.03. The lowest BCUT2D eigenvalue weighted by molar-refractivity contribution is 1.13. The Balaban J connectivity index is 3.71. The zero-order chi connectivity index (χ0) is 6.78. The summed E-state index contributed by atoms with van der Waals surface area (Å²) in [7, 11) is 0.